The Labute approximate surface area is 196 Å². The lowest BCUT2D eigenvalue weighted by atomic mass is 10.0. The number of hydrogen-bond donors (Lipinski definition) is 0. The molecular formula is C27H25N5O2. The molecule has 7 rings (SSSR count). The molecule has 3 heterocycles. The van der Waals surface area contributed by atoms with E-state index in [2.05, 4.69) is 17.2 Å². The fourth-order valence-corrected chi connectivity index (χ4v) is 5.13. The molecule has 0 N–H and O–H groups in total. The number of amides is 1. The van der Waals surface area contributed by atoms with Crippen molar-refractivity contribution in [3.8, 4) is 16.8 Å². The van der Waals surface area contributed by atoms with E-state index in [0.717, 1.165) is 29.3 Å². The van der Waals surface area contributed by atoms with Gasteiger partial charge in [-0.05, 0) is 66.8 Å². The zero-order valence-corrected chi connectivity index (χ0v) is 19.1. The number of carbonyl (C=O) groups excluding carboxylic acids is 1. The molecule has 1 aliphatic heterocycles. The van der Waals surface area contributed by atoms with Gasteiger partial charge in [0.1, 0.15) is 0 Å². The monoisotopic (exact) mass is 451 g/mol. The molecule has 3 aliphatic rings. The molecule has 0 atom stereocenters. The highest BCUT2D eigenvalue weighted by molar-refractivity contribution is 6.05. The molecule has 2 aromatic heterocycles. The molecular weight excluding hydrogens is 426 g/mol. The molecule has 0 radical (unpaired) electrons. The van der Waals surface area contributed by atoms with Crippen molar-refractivity contribution in [3.05, 3.63) is 70.3 Å². The van der Waals surface area contributed by atoms with Crippen LogP contribution in [-0.4, -0.2) is 32.0 Å². The van der Waals surface area contributed by atoms with Gasteiger partial charge in [0.25, 0.3) is 5.56 Å². The van der Waals surface area contributed by atoms with Crippen LogP contribution < -0.4 is 10.5 Å². The first-order chi connectivity index (χ1) is 16.5. The van der Waals surface area contributed by atoms with Gasteiger partial charge in [0.2, 0.25) is 5.91 Å². The average molecular weight is 452 g/mol. The third-order valence-electron chi connectivity index (χ3n) is 7.26. The summed E-state index contributed by atoms with van der Waals surface area (Å²) in [5.41, 5.74) is 5.47. The molecule has 4 aromatic rings. The van der Waals surface area contributed by atoms with Gasteiger partial charge >= 0.3 is 0 Å². The second-order valence-electron chi connectivity index (χ2n) is 9.95. The van der Waals surface area contributed by atoms with Crippen molar-refractivity contribution < 1.29 is 4.79 Å². The number of aromatic nitrogens is 4. The lowest BCUT2D eigenvalue weighted by Gasteiger charge is -2.21. The van der Waals surface area contributed by atoms with Gasteiger partial charge in [0, 0.05) is 25.2 Å². The number of nitrogens with zero attached hydrogens (tertiary/aromatic N) is 5. The van der Waals surface area contributed by atoms with Gasteiger partial charge in [-0.15, -0.1) is 0 Å². The summed E-state index contributed by atoms with van der Waals surface area (Å²) in [6, 6.07) is 14.0. The van der Waals surface area contributed by atoms with Crippen molar-refractivity contribution in [1.29, 1.82) is 0 Å². The molecule has 0 spiro atoms. The molecule has 7 nitrogen and oxygen atoms in total. The van der Waals surface area contributed by atoms with Gasteiger partial charge in [-0.3, -0.25) is 14.3 Å². The van der Waals surface area contributed by atoms with Gasteiger partial charge < -0.3 is 4.90 Å². The number of hydrogen-bond acceptors (Lipinski definition) is 4. The Bertz CT molecular complexity index is 1520. The van der Waals surface area contributed by atoms with Gasteiger partial charge in [-0.1, -0.05) is 24.3 Å². The largest absolute Gasteiger partial charge is 0.309 e. The fraction of sp³-hybridized carbons (Fsp3) is 0.333. The number of rotatable bonds is 5. The molecule has 2 aliphatic carbocycles. The molecule has 0 saturated heterocycles. The van der Waals surface area contributed by atoms with E-state index in [9.17, 15) is 9.59 Å². The molecule has 2 saturated carbocycles. The van der Waals surface area contributed by atoms with E-state index in [1.807, 2.05) is 48.5 Å². The van der Waals surface area contributed by atoms with E-state index in [0.29, 0.717) is 41.0 Å². The van der Waals surface area contributed by atoms with Gasteiger partial charge in [-0.25, -0.2) is 0 Å². The van der Waals surface area contributed by atoms with Gasteiger partial charge in [0.15, 0.2) is 0 Å². The minimum atomic E-state index is -0.198. The predicted octanol–water partition coefficient (Wildman–Crippen LogP) is 3.96. The molecule has 2 fully saturated rings. The third kappa shape index (κ3) is 3.18. The van der Waals surface area contributed by atoms with Crippen LogP contribution in [0.15, 0.2) is 53.5 Å². The average Bonchev–Trinajstić information content (AvgIpc) is 3.75. The Morgan fingerprint density at radius 2 is 1.76 bits per heavy atom. The second-order valence-corrected chi connectivity index (χ2v) is 9.95. The molecule has 1 amide bonds. The number of carbonyl (C=O) groups is 1. The van der Waals surface area contributed by atoms with Crippen molar-refractivity contribution in [2.24, 2.45) is 13.0 Å². The number of benzene rings is 2. The van der Waals surface area contributed by atoms with E-state index in [-0.39, 0.29) is 17.9 Å². The summed E-state index contributed by atoms with van der Waals surface area (Å²) < 4.78 is 3.22. The van der Waals surface area contributed by atoms with Crippen LogP contribution >= 0.6 is 0 Å². The normalized spacial score (nSPS) is 17.6. The van der Waals surface area contributed by atoms with Crippen LogP contribution in [0.25, 0.3) is 27.7 Å². The van der Waals surface area contributed by atoms with Crippen LogP contribution in [0.4, 0.5) is 5.69 Å². The summed E-state index contributed by atoms with van der Waals surface area (Å²) in [6.07, 6.45) is 6.90. The van der Waals surface area contributed by atoms with Crippen LogP contribution in [0, 0.1) is 5.92 Å². The van der Waals surface area contributed by atoms with Crippen molar-refractivity contribution in [1.82, 2.24) is 19.6 Å². The van der Waals surface area contributed by atoms with Crippen LogP contribution in [0.3, 0.4) is 0 Å². The first-order valence-electron chi connectivity index (χ1n) is 12.1. The number of aryl methyl sites for hydroxylation is 1. The smallest absolute Gasteiger partial charge is 0.281 e. The molecule has 0 unspecified atom stereocenters. The highest BCUT2D eigenvalue weighted by Gasteiger charge is 2.37. The quantitative estimate of drug-likeness (QED) is 0.460. The molecule has 0 bridgehead atoms. The maximum Gasteiger partial charge on any atom is 0.281 e. The zero-order chi connectivity index (χ0) is 23.0. The molecule has 170 valence electrons. The van der Waals surface area contributed by atoms with E-state index < -0.39 is 0 Å². The fourth-order valence-electron chi connectivity index (χ4n) is 5.13. The topological polar surface area (TPSA) is 73.0 Å². The minimum absolute atomic E-state index is 0.0325. The van der Waals surface area contributed by atoms with E-state index in [4.69, 9.17) is 5.10 Å². The predicted molar refractivity (Wildman–Crippen MR) is 130 cm³/mol. The summed E-state index contributed by atoms with van der Waals surface area (Å²) in [4.78, 5) is 28.8. The molecule has 34 heavy (non-hydrogen) atoms. The third-order valence-corrected chi connectivity index (χ3v) is 7.26. The van der Waals surface area contributed by atoms with Gasteiger partial charge in [-0.2, -0.15) is 14.9 Å². The second kappa shape index (κ2) is 7.13. The Morgan fingerprint density at radius 1 is 0.971 bits per heavy atom. The summed E-state index contributed by atoms with van der Waals surface area (Å²) in [7, 11) is 1.88. The SMILES string of the molecule is Cn1cc2cc(-n3nc4c(c(-c5ccc(C6CC6)cc5)c3=O)N(CC3CC3)C(=O)C4)ccc2n1. The Morgan fingerprint density at radius 3 is 2.50 bits per heavy atom. The Hall–Kier alpha value is -3.74. The first-order valence-corrected chi connectivity index (χ1v) is 12.1. The zero-order valence-electron chi connectivity index (χ0n) is 19.1. The highest BCUT2D eigenvalue weighted by Crippen LogP contribution is 2.42. The maximum absolute atomic E-state index is 14.0. The van der Waals surface area contributed by atoms with Crippen LogP contribution in [0.1, 0.15) is 42.9 Å². The van der Waals surface area contributed by atoms with Crippen LogP contribution in [-0.2, 0) is 18.3 Å². The van der Waals surface area contributed by atoms with Crippen LogP contribution in [0.5, 0.6) is 0 Å². The van der Waals surface area contributed by atoms with Crippen molar-refractivity contribution in [3.63, 3.8) is 0 Å². The maximum atomic E-state index is 14.0. The van der Waals surface area contributed by atoms with E-state index >= 15 is 0 Å². The summed E-state index contributed by atoms with van der Waals surface area (Å²) in [5.74, 6) is 1.20. The van der Waals surface area contributed by atoms with Crippen molar-refractivity contribution >= 4 is 22.5 Å². The molecule has 7 heteroatoms. The standard InChI is InChI=1S/C27H25N5O2/c1-30-15-20-12-21(10-11-22(20)28-30)32-27(34)25(19-8-6-18(7-9-19)17-4-5-17)26-23(29-32)13-24(33)31(26)14-16-2-3-16/h6-12,15-17H,2-5,13-14H2,1H3. The summed E-state index contributed by atoms with van der Waals surface area (Å²) in [6.45, 7) is 0.672. The van der Waals surface area contributed by atoms with Crippen LogP contribution in [0.2, 0.25) is 0 Å². The van der Waals surface area contributed by atoms with E-state index in [1.165, 1.54) is 23.1 Å². The lowest BCUT2D eigenvalue weighted by Crippen LogP contribution is -2.31. The van der Waals surface area contributed by atoms with Crippen molar-refractivity contribution in [2.75, 3.05) is 11.4 Å². The first kappa shape index (κ1) is 19.7. The Balaban J connectivity index is 1.43. The number of anilines is 1. The highest BCUT2D eigenvalue weighted by atomic mass is 16.2. The lowest BCUT2D eigenvalue weighted by molar-refractivity contribution is -0.117. The van der Waals surface area contributed by atoms with Crippen molar-refractivity contribution in [2.45, 2.75) is 38.0 Å². The summed E-state index contributed by atoms with van der Waals surface area (Å²) >= 11 is 0. The summed E-state index contributed by atoms with van der Waals surface area (Å²) in [5, 5.41) is 10.1. The molecule has 2 aromatic carbocycles. The number of fused-ring (bicyclic) bond motifs is 2. The minimum Gasteiger partial charge on any atom is -0.309 e. The van der Waals surface area contributed by atoms with E-state index in [1.54, 1.807) is 4.68 Å². The Kier molecular flexibility index (Phi) is 4.13. The van der Waals surface area contributed by atoms with Gasteiger partial charge in [0.05, 0.1) is 34.6 Å².